The van der Waals surface area contributed by atoms with E-state index in [2.05, 4.69) is 5.32 Å². The summed E-state index contributed by atoms with van der Waals surface area (Å²) < 4.78 is 5.51. The average Bonchev–Trinajstić information content (AvgIpc) is 3.00. The van der Waals surface area contributed by atoms with Gasteiger partial charge in [-0.3, -0.25) is 4.79 Å². The van der Waals surface area contributed by atoms with Gasteiger partial charge in [-0.1, -0.05) is 25.7 Å². The van der Waals surface area contributed by atoms with E-state index in [0.29, 0.717) is 19.6 Å². The molecule has 1 fully saturated rings. The minimum Gasteiger partial charge on any atom is -0.494 e. The van der Waals surface area contributed by atoms with E-state index in [1.807, 2.05) is 25.1 Å². The van der Waals surface area contributed by atoms with Crippen LogP contribution in [-0.2, 0) is 11.3 Å². The Kier molecular flexibility index (Phi) is 6.05. The molecule has 116 valence electrons. The number of anilines is 1. The van der Waals surface area contributed by atoms with Crippen molar-refractivity contribution in [1.82, 2.24) is 0 Å². The van der Waals surface area contributed by atoms with E-state index in [4.69, 9.17) is 10.5 Å². The minimum atomic E-state index is 0.0917. The highest BCUT2D eigenvalue weighted by Crippen LogP contribution is 2.29. The molecule has 0 unspecified atom stereocenters. The average molecular weight is 290 g/mol. The largest absolute Gasteiger partial charge is 0.494 e. The predicted octanol–water partition coefficient (Wildman–Crippen LogP) is 3.45. The molecule has 3 N–H and O–H groups in total. The molecule has 1 aromatic carbocycles. The number of ether oxygens (including phenoxy) is 1. The van der Waals surface area contributed by atoms with Crippen molar-refractivity contribution in [1.29, 1.82) is 0 Å². The normalized spacial score (nSPS) is 15.1. The van der Waals surface area contributed by atoms with Gasteiger partial charge in [0, 0.05) is 24.2 Å². The van der Waals surface area contributed by atoms with Gasteiger partial charge in [0.1, 0.15) is 5.75 Å². The molecule has 1 saturated carbocycles. The fraction of sp³-hybridized carbons (Fsp3) is 0.588. The van der Waals surface area contributed by atoms with Crippen LogP contribution in [0.15, 0.2) is 18.2 Å². The molecule has 0 radical (unpaired) electrons. The Morgan fingerprint density at radius 2 is 2.14 bits per heavy atom. The lowest BCUT2D eigenvalue weighted by Gasteiger charge is -2.12. The minimum absolute atomic E-state index is 0.0917. The van der Waals surface area contributed by atoms with Crippen molar-refractivity contribution in [2.45, 2.75) is 52.0 Å². The maximum Gasteiger partial charge on any atom is 0.224 e. The van der Waals surface area contributed by atoms with E-state index >= 15 is 0 Å². The second-order valence-electron chi connectivity index (χ2n) is 5.70. The molecule has 2 rings (SSSR count). The lowest BCUT2D eigenvalue weighted by molar-refractivity contribution is -0.116. The lowest BCUT2D eigenvalue weighted by Crippen LogP contribution is -2.13. The molecular formula is C17H26N2O2. The first-order valence-electron chi connectivity index (χ1n) is 7.98. The number of rotatable bonds is 7. The summed E-state index contributed by atoms with van der Waals surface area (Å²) in [7, 11) is 0. The van der Waals surface area contributed by atoms with Crippen LogP contribution in [0.4, 0.5) is 5.69 Å². The summed E-state index contributed by atoms with van der Waals surface area (Å²) in [5.41, 5.74) is 7.45. The summed E-state index contributed by atoms with van der Waals surface area (Å²) in [4.78, 5) is 12.0. The SMILES string of the molecule is CCOc1ccc(NC(=O)CCC2CCCC2)cc1CN. The highest BCUT2D eigenvalue weighted by atomic mass is 16.5. The van der Waals surface area contributed by atoms with Crippen molar-refractivity contribution in [3.05, 3.63) is 23.8 Å². The molecule has 0 atom stereocenters. The van der Waals surface area contributed by atoms with E-state index in [9.17, 15) is 4.79 Å². The fourth-order valence-corrected chi connectivity index (χ4v) is 2.97. The summed E-state index contributed by atoms with van der Waals surface area (Å²) in [6.07, 6.45) is 6.83. The molecule has 0 aliphatic heterocycles. The van der Waals surface area contributed by atoms with Gasteiger partial charge in [0.2, 0.25) is 5.91 Å². The third kappa shape index (κ3) is 4.74. The first kappa shape index (κ1) is 15.8. The van der Waals surface area contributed by atoms with Crippen molar-refractivity contribution in [2.75, 3.05) is 11.9 Å². The Morgan fingerprint density at radius 3 is 2.81 bits per heavy atom. The number of hydrogen-bond donors (Lipinski definition) is 2. The van der Waals surface area contributed by atoms with Gasteiger partial charge in [-0.05, 0) is 37.5 Å². The molecule has 21 heavy (non-hydrogen) atoms. The summed E-state index contributed by atoms with van der Waals surface area (Å²) >= 11 is 0. The molecular weight excluding hydrogens is 264 g/mol. The van der Waals surface area contributed by atoms with Crippen LogP contribution in [0.3, 0.4) is 0 Å². The van der Waals surface area contributed by atoms with Crippen LogP contribution < -0.4 is 15.8 Å². The summed E-state index contributed by atoms with van der Waals surface area (Å²) in [5, 5.41) is 2.96. The second-order valence-corrected chi connectivity index (χ2v) is 5.70. The van der Waals surface area contributed by atoms with Gasteiger partial charge in [-0.2, -0.15) is 0 Å². The predicted molar refractivity (Wildman–Crippen MR) is 85.3 cm³/mol. The van der Waals surface area contributed by atoms with Gasteiger partial charge in [-0.25, -0.2) is 0 Å². The topological polar surface area (TPSA) is 64.3 Å². The molecule has 0 bridgehead atoms. The van der Waals surface area contributed by atoms with Crippen LogP contribution in [0.5, 0.6) is 5.75 Å². The Bertz CT molecular complexity index is 468. The van der Waals surface area contributed by atoms with Crippen molar-refractivity contribution in [3.8, 4) is 5.75 Å². The zero-order valence-corrected chi connectivity index (χ0v) is 12.9. The van der Waals surface area contributed by atoms with Crippen molar-refractivity contribution >= 4 is 11.6 Å². The second kappa shape index (κ2) is 8.03. The van der Waals surface area contributed by atoms with Crippen molar-refractivity contribution < 1.29 is 9.53 Å². The third-order valence-corrected chi connectivity index (χ3v) is 4.12. The Hall–Kier alpha value is -1.55. The van der Waals surface area contributed by atoms with E-state index in [0.717, 1.165) is 29.3 Å². The van der Waals surface area contributed by atoms with E-state index in [1.165, 1.54) is 25.7 Å². The van der Waals surface area contributed by atoms with Crippen molar-refractivity contribution in [2.24, 2.45) is 11.7 Å². The maximum atomic E-state index is 12.0. The van der Waals surface area contributed by atoms with Gasteiger partial charge in [0.25, 0.3) is 0 Å². The smallest absolute Gasteiger partial charge is 0.224 e. The molecule has 1 aromatic rings. The number of carbonyl (C=O) groups is 1. The first-order chi connectivity index (χ1) is 10.2. The number of nitrogens with two attached hydrogens (primary N) is 1. The quantitative estimate of drug-likeness (QED) is 0.808. The molecule has 0 aromatic heterocycles. The highest BCUT2D eigenvalue weighted by molar-refractivity contribution is 5.90. The first-order valence-corrected chi connectivity index (χ1v) is 7.98. The number of benzene rings is 1. The molecule has 0 spiro atoms. The van der Waals surface area contributed by atoms with E-state index < -0.39 is 0 Å². The van der Waals surface area contributed by atoms with Gasteiger partial charge < -0.3 is 15.8 Å². The van der Waals surface area contributed by atoms with Gasteiger partial charge in [0.15, 0.2) is 0 Å². The fourth-order valence-electron chi connectivity index (χ4n) is 2.97. The zero-order chi connectivity index (χ0) is 15.1. The molecule has 4 heteroatoms. The Morgan fingerprint density at radius 1 is 1.38 bits per heavy atom. The molecule has 4 nitrogen and oxygen atoms in total. The molecule has 0 saturated heterocycles. The maximum absolute atomic E-state index is 12.0. The van der Waals surface area contributed by atoms with Crippen LogP contribution in [-0.4, -0.2) is 12.5 Å². The summed E-state index contributed by atoms with van der Waals surface area (Å²) in [6, 6.07) is 5.65. The number of carbonyl (C=O) groups excluding carboxylic acids is 1. The third-order valence-electron chi connectivity index (χ3n) is 4.12. The van der Waals surface area contributed by atoms with Crippen LogP contribution in [0.1, 0.15) is 51.0 Å². The monoisotopic (exact) mass is 290 g/mol. The molecule has 1 amide bonds. The van der Waals surface area contributed by atoms with E-state index in [-0.39, 0.29) is 5.91 Å². The number of nitrogens with one attached hydrogen (secondary N) is 1. The standard InChI is InChI=1S/C17H26N2O2/c1-2-21-16-9-8-15(11-14(16)12-18)19-17(20)10-7-13-5-3-4-6-13/h8-9,11,13H,2-7,10,12,18H2,1H3,(H,19,20). The van der Waals surface area contributed by atoms with Crippen LogP contribution in [0, 0.1) is 5.92 Å². The molecule has 0 heterocycles. The van der Waals surface area contributed by atoms with E-state index in [1.54, 1.807) is 0 Å². The molecule has 1 aliphatic rings. The lowest BCUT2D eigenvalue weighted by atomic mass is 10.0. The van der Waals surface area contributed by atoms with Gasteiger partial charge in [-0.15, -0.1) is 0 Å². The highest BCUT2D eigenvalue weighted by Gasteiger charge is 2.16. The van der Waals surface area contributed by atoms with Crippen LogP contribution >= 0.6 is 0 Å². The zero-order valence-electron chi connectivity index (χ0n) is 12.9. The van der Waals surface area contributed by atoms with Crippen LogP contribution in [0.2, 0.25) is 0 Å². The van der Waals surface area contributed by atoms with Gasteiger partial charge >= 0.3 is 0 Å². The Labute approximate surface area is 127 Å². The Balaban J connectivity index is 1.87. The number of amides is 1. The van der Waals surface area contributed by atoms with Crippen molar-refractivity contribution in [3.63, 3.8) is 0 Å². The summed E-state index contributed by atoms with van der Waals surface area (Å²) in [5.74, 6) is 1.63. The van der Waals surface area contributed by atoms with Crippen LogP contribution in [0.25, 0.3) is 0 Å². The van der Waals surface area contributed by atoms with Gasteiger partial charge in [0.05, 0.1) is 6.61 Å². The molecule has 1 aliphatic carbocycles. The number of hydrogen-bond acceptors (Lipinski definition) is 3. The summed E-state index contributed by atoms with van der Waals surface area (Å²) in [6.45, 7) is 2.96.